The molecule has 0 unspecified atom stereocenters. The maximum Gasteiger partial charge on any atom is 0.226 e. The average Bonchev–Trinajstić information content (AvgIpc) is 3.26. The van der Waals surface area contributed by atoms with Crippen LogP contribution in [0.2, 0.25) is 5.02 Å². The standard InChI is InChI=1S/C19H24ClN3O2/c1-19(2,23-9-3-4-10-23)13-21-18(24)12-16-11-17(25-22-16)14-5-7-15(20)8-6-14/h5-8,11H,3-4,9-10,12-13H2,1-2H3,(H,21,24). The predicted molar refractivity (Wildman–Crippen MR) is 98.5 cm³/mol. The van der Waals surface area contributed by atoms with Gasteiger partial charge in [0.2, 0.25) is 5.91 Å². The molecule has 0 atom stereocenters. The molecule has 0 spiro atoms. The summed E-state index contributed by atoms with van der Waals surface area (Å²) < 4.78 is 5.34. The van der Waals surface area contributed by atoms with Crippen molar-refractivity contribution in [3.05, 3.63) is 41.0 Å². The Labute approximate surface area is 153 Å². The van der Waals surface area contributed by atoms with E-state index in [1.54, 1.807) is 18.2 Å². The van der Waals surface area contributed by atoms with Gasteiger partial charge >= 0.3 is 0 Å². The Hall–Kier alpha value is -1.85. The van der Waals surface area contributed by atoms with Crippen molar-refractivity contribution in [2.24, 2.45) is 0 Å². The van der Waals surface area contributed by atoms with Crippen molar-refractivity contribution in [1.29, 1.82) is 0 Å². The van der Waals surface area contributed by atoms with Crippen LogP contribution < -0.4 is 5.32 Å². The second kappa shape index (κ2) is 7.58. The largest absolute Gasteiger partial charge is 0.356 e. The Morgan fingerprint density at radius 2 is 1.96 bits per heavy atom. The van der Waals surface area contributed by atoms with E-state index < -0.39 is 0 Å². The number of nitrogens with one attached hydrogen (secondary N) is 1. The van der Waals surface area contributed by atoms with Gasteiger partial charge in [0, 0.05) is 28.7 Å². The minimum atomic E-state index is -0.0387. The Bertz CT molecular complexity index is 719. The van der Waals surface area contributed by atoms with Gasteiger partial charge in [-0.2, -0.15) is 0 Å². The summed E-state index contributed by atoms with van der Waals surface area (Å²) >= 11 is 5.89. The third-order valence-electron chi connectivity index (χ3n) is 4.71. The topological polar surface area (TPSA) is 58.4 Å². The molecule has 0 radical (unpaired) electrons. The molecule has 5 nitrogen and oxygen atoms in total. The lowest BCUT2D eigenvalue weighted by Crippen LogP contribution is -2.50. The Morgan fingerprint density at radius 3 is 2.64 bits per heavy atom. The van der Waals surface area contributed by atoms with E-state index in [1.807, 2.05) is 12.1 Å². The van der Waals surface area contributed by atoms with Gasteiger partial charge in [-0.15, -0.1) is 0 Å². The van der Waals surface area contributed by atoms with E-state index >= 15 is 0 Å². The molecule has 3 rings (SSSR count). The first-order chi connectivity index (χ1) is 11.9. The first-order valence-electron chi connectivity index (χ1n) is 8.67. The van der Waals surface area contributed by atoms with Crippen LogP contribution in [0.15, 0.2) is 34.9 Å². The predicted octanol–water partition coefficient (Wildman–Crippen LogP) is 3.53. The highest BCUT2D eigenvalue weighted by molar-refractivity contribution is 6.30. The minimum absolute atomic E-state index is 0.0234. The lowest BCUT2D eigenvalue weighted by atomic mass is 10.0. The SMILES string of the molecule is CC(C)(CNC(=O)Cc1cc(-c2ccc(Cl)cc2)on1)N1CCCC1. The fraction of sp³-hybridized carbons (Fsp3) is 0.474. The first-order valence-corrected chi connectivity index (χ1v) is 9.05. The molecular formula is C19H24ClN3O2. The average molecular weight is 362 g/mol. The number of hydrogen-bond donors (Lipinski definition) is 1. The molecule has 2 aromatic rings. The number of aromatic nitrogens is 1. The van der Waals surface area contributed by atoms with Crippen LogP contribution in [0.3, 0.4) is 0 Å². The van der Waals surface area contributed by atoms with E-state index in [0.29, 0.717) is 23.0 Å². The third kappa shape index (κ3) is 4.61. The van der Waals surface area contributed by atoms with Crippen molar-refractivity contribution in [2.75, 3.05) is 19.6 Å². The normalized spacial score (nSPS) is 15.5. The maximum absolute atomic E-state index is 12.2. The molecule has 6 heteroatoms. The molecule has 1 amide bonds. The number of carbonyl (C=O) groups is 1. The highest BCUT2D eigenvalue weighted by atomic mass is 35.5. The van der Waals surface area contributed by atoms with Crippen LogP contribution in [0.4, 0.5) is 0 Å². The van der Waals surface area contributed by atoms with Crippen molar-refractivity contribution in [3.63, 3.8) is 0 Å². The minimum Gasteiger partial charge on any atom is -0.356 e. The fourth-order valence-electron chi connectivity index (χ4n) is 3.12. The molecular weight excluding hydrogens is 338 g/mol. The molecule has 1 aliphatic heterocycles. The maximum atomic E-state index is 12.2. The van der Waals surface area contributed by atoms with Crippen molar-refractivity contribution in [1.82, 2.24) is 15.4 Å². The molecule has 1 aromatic heterocycles. The van der Waals surface area contributed by atoms with Crippen LogP contribution in [0.5, 0.6) is 0 Å². The molecule has 1 saturated heterocycles. The fourth-order valence-corrected chi connectivity index (χ4v) is 3.25. The number of benzene rings is 1. The summed E-state index contributed by atoms with van der Waals surface area (Å²) in [6, 6.07) is 9.13. The summed E-state index contributed by atoms with van der Waals surface area (Å²) in [6.45, 7) is 7.20. The van der Waals surface area contributed by atoms with Gasteiger partial charge in [-0.05, 0) is 64.0 Å². The summed E-state index contributed by atoms with van der Waals surface area (Å²) in [5.41, 5.74) is 1.49. The van der Waals surface area contributed by atoms with Crippen LogP contribution in [-0.2, 0) is 11.2 Å². The summed E-state index contributed by atoms with van der Waals surface area (Å²) in [5, 5.41) is 7.69. The zero-order chi connectivity index (χ0) is 17.9. The molecule has 134 valence electrons. The third-order valence-corrected chi connectivity index (χ3v) is 4.96. The number of halogens is 1. The van der Waals surface area contributed by atoms with Gasteiger partial charge in [0.15, 0.2) is 5.76 Å². The van der Waals surface area contributed by atoms with E-state index in [-0.39, 0.29) is 17.9 Å². The second-order valence-corrected chi connectivity index (χ2v) is 7.59. The van der Waals surface area contributed by atoms with E-state index in [9.17, 15) is 4.79 Å². The number of nitrogens with zero attached hydrogens (tertiary/aromatic N) is 2. The van der Waals surface area contributed by atoms with Crippen molar-refractivity contribution < 1.29 is 9.32 Å². The Kier molecular flexibility index (Phi) is 5.45. The molecule has 25 heavy (non-hydrogen) atoms. The molecule has 1 N–H and O–H groups in total. The zero-order valence-corrected chi connectivity index (χ0v) is 15.5. The van der Waals surface area contributed by atoms with Crippen LogP contribution in [-0.4, -0.2) is 41.1 Å². The van der Waals surface area contributed by atoms with Gasteiger partial charge in [0.25, 0.3) is 0 Å². The molecule has 2 heterocycles. The molecule has 0 saturated carbocycles. The lowest BCUT2D eigenvalue weighted by Gasteiger charge is -2.35. The van der Waals surface area contributed by atoms with Gasteiger partial charge in [-0.1, -0.05) is 16.8 Å². The van der Waals surface area contributed by atoms with Crippen LogP contribution >= 0.6 is 11.6 Å². The van der Waals surface area contributed by atoms with E-state index in [2.05, 4.69) is 29.2 Å². The second-order valence-electron chi connectivity index (χ2n) is 7.15. The van der Waals surface area contributed by atoms with Crippen LogP contribution in [0.25, 0.3) is 11.3 Å². The molecule has 1 fully saturated rings. The van der Waals surface area contributed by atoms with Gasteiger partial charge in [0.05, 0.1) is 12.1 Å². The summed E-state index contributed by atoms with van der Waals surface area (Å²) in [7, 11) is 0. The zero-order valence-electron chi connectivity index (χ0n) is 14.7. The van der Waals surface area contributed by atoms with E-state index in [4.69, 9.17) is 16.1 Å². The smallest absolute Gasteiger partial charge is 0.226 e. The molecule has 0 bridgehead atoms. The van der Waals surface area contributed by atoms with E-state index in [1.165, 1.54) is 12.8 Å². The number of carbonyl (C=O) groups excluding carboxylic acids is 1. The van der Waals surface area contributed by atoms with Gasteiger partial charge in [-0.25, -0.2) is 0 Å². The monoisotopic (exact) mass is 361 g/mol. The Morgan fingerprint density at radius 1 is 1.28 bits per heavy atom. The van der Waals surface area contributed by atoms with Crippen LogP contribution in [0, 0.1) is 0 Å². The highest BCUT2D eigenvalue weighted by Gasteiger charge is 2.29. The van der Waals surface area contributed by atoms with Gasteiger partial charge in [-0.3, -0.25) is 9.69 Å². The lowest BCUT2D eigenvalue weighted by molar-refractivity contribution is -0.121. The number of hydrogen-bond acceptors (Lipinski definition) is 4. The van der Waals surface area contributed by atoms with Crippen molar-refractivity contribution in [3.8, 4) is 11.3 Å². The Balaban J connectivity index is 1.54. The highest BCUT2D eigenvalue weighted by Crippen LogP contribution is 2.23. The molecule has 0 aliphatic carbocycles. The van der Waals surface area contributed by atoms with Gasteiger partial charge in [0.1, 0.15) is 0 Å². The van der Waals surface area contributed by atoms with Gasteiger partial charge < -0.3 is 9.84 Å². The van der Waals surface area contributed by atoms with E-state index in [0.717, 1.165) is 18.7 Å². The number of rotatable bonds is 6. The number of likely N-dealkylation sites (tertiary alicyclic amines) is 1. The van der Waals surface area contributed by atoms with Crippen LogP contribution in [0.1, 0.15) is 32.4 Å². The van der Waals surface area contributed by atoms with Crippen molar-refractivity contribution in [2.45, 2.75) is 38.6 Å². The summed E-state index contributed by atoms with van der Waals surface area (Å²) in [4.78, 5) is 14.7. The summed E-state index contributed by atoms with van der Waals surface area (Å²) in [6.07, 6.45) is 2.70. The quantitative estimate of drug-likeness (QED) is 0.855. The first kappa shape index (κ1) is 18.0. The molecule has 1 aromatic carbocycles. The summed E-state index contributed by atoms with van der Waals surface area (Å²) in [5.74, 6) is 0.597. The van der Waals surface area contributed by atoms with Crippen molar-refractivity contribution >= 4 is 17.5 Å². The number of amides is 1. The molecule has 1 aliphatic rings.